The van der Waals surface area contributed by atoms with Crippen molar-refractivity contribution in [2.45, 2.75) is 109 Å². The maximum Gasteiger partial charge on any atom is 0.303 e. The van der Waals surface area contributed by atoms with Crippen molar-refractivity contribution in [3.05, 3.63) is 72.1 Å². The van der Waals surface area contributed by atoms with E-state index >= 15 is 0 Å². The van der Waals surface area contributed by atoms with Gasteiger partial charge in [0.05, 0.1) is 0 Å². The lowest BCUT2D eigenvalue weighted by Gasteiger charge is -2.29. The van der Waals surface area contributed by atoms with E-state index in [1.165, 1.54) is 86.5 Å². The summed E-state index contributed by atoms with van der Waals surface area (Å²) in [5.41, 5.74) is 6.34. The number of aryl methyl sites for hydroxylation is 1. The van der Waals surface area contributed by atoms with Crippen molar-refractivity contribution in [1.82, 2.24) is 9.97 Å². The Bertz CT molecular complexity index is 1110. The van der Waals surface area contributed by atoms with Gasteiger partial charge in [0.1, 0.15) is 0 Å². The highest BCUT2D eigenvalue weighted by Crippen LogP contribution is 2.44. The fourth-order valence-corrected chi connectivity index (χ4v) is 6.01. The van der Waals surface area contributed by atoms with Gasteiger partial charge in [-0.2, -0.15) is 0 Å². The number of aromatic nitrogens is 2. The molecule has 2 aromatic carbocycles. The van der Waals surface area contributed by atoms with Gasteiger partial charge in [-0.3, -0.25) is 4.79 Å². The second kappa shape index (κ2) is 14.2. The molecule has 1 saturated carbocycles. The molecule has 4 heteroatoms. The lowest BCUT2D eigenvalue weighted by Crippen LogP contribution is -2.22. The zero-order valence-electron chi connectivity index (χ0n) is 23.1. The first-order chi connectivity index (χ1) is 18.6. The third kappa shape index (κ3) is 7.75. The molecule has 38 heavy (non-hydrogen) atoms. The molecule has 0 unspecified atom stereocenters. The molecule has 1 aliphatic rings. The number of aliphatic carboxylic acids is 1. The SMILES string of the molecule is CCCCCCCc1ccc(-c2ccc(-c3ncc(C4(CCCCCC(=O)O)CCCC4)cn3)cc2)cc1. The van der Waals surface area contributed by atoms with Crippen molar-refractivity contribution in [3.63, 3.8) is 0 Å². The van der Waals surface area contributed by atoms with E-state index in [2.05, 4.69) is 55.5 Å². The quantitative estimate of drug-likeness (QED) is 0.206. The topological polar surface area (TPSA) is 63.1 Å². The molecule has 1 fully saturated rings. The Balaban J connectivity index is 1.34. The maximum absolute atomic E-state index is 10.8. The maximum atomic E-state index is 10.8. The summed E-state index contributed by atoms with van der Waals surface area (Å²) in [6, 6.07) is 17.6. The summed E-state index contributed by atoms with van der Waals surface area (Å²) >= 11 is 0. The number of benzene rings is 2. The summed E-state index contributed by atoms with van der Waals surface area (Å²) < 4.78 is 0. The zero-order chi connectivity index (χ0) is 26.6. The number of hydrogen-bond donors (Lipinski definition) is 1. The van der Waals surface area contributed by atoms with E-state index in [0.717, 1.165) is 37.1 Å². The molecule has 0 amide bonds. The Morgan fingerprint density at radius 3 is 1.97 bits per heavy atom. The van der Waals surface area contributed by atoms with E-state index in [0.29, 0.717) is 0 Å². The van der Waals surface area contributed by atoms with Gasteiger partial charge in [-0.15, -0.1) is 0 Å². The van der Waals surface area contributed by atoms with Crippen LogP contribution in [0.5, 0.6) is 0 Å². The Morgan fingerprint density at radius 1 is 0.763 bits per heavy atom. The van der Waals surface area contributed by atoms with Gasteiger partial charge in [-0.1, -0.05) is 107 Å². The van der Waals surface area contributed by atoms with E-state index in [1.54, 1.807) is 0 Å². The molecule has 0 radical (unpaired) electrons. The van der Waals surface area contributed by atoms with E-state index in [4.69, 9.17) is 15.1 Å². The minimum atomic E-state index is -0.695. The molecule has 3 aromatic rings. The highest BCUT2D eigenvalue weighted by Gasteiger charge is 2.35. The third-order valence-electron chi connectivity index (χ3n) is 8.37. The van der Waals surface area contributed by atoms with Crippen LogP contribution in [0.3, 0.4) is 0 Å². The summed E-state index contributed by atoms with van der Waals surface area (Å²) in [4.78, 5) is 20.4. The summed E-state index contributed by atoms with van der Waals surface area (Å²) in [5, 5.41) is 8.89. The molecule has 1 aliphatic carbocycles. The Hall–Kier alpha value is -3.01. The highest BCUT2D eigenvalue weighted by molar-refractivity contribution is 5.68. The normalized spacial score (nSPS) is 14.6. The number of hydrogen-bond acceptors (Lipinski definition) is 3. The monoisotopic (exact) mass is 512 g/mol. The molecule has 1 aromatic heterocycles. The van der Waals surface area contributed by atoms with Crippen LogP contribution in [-0.4, -0.2) is 21.0 Å². The average molecular weight is 513 g/mol. The van der Waals surface area contributed by atoms with Crippen LogP contribution in [0.25, 0.3) is 22.5 Å². The molecule has 0 aliphatic heterocycles. The van der Waals surface area contributed by atoms with Crippen LogP contribution in [0.2, 0.25) is 0 Å². The molecule has 0 saturated heterocycles. The Labute approximate surface area is 229 Å². The number of unbranched alkanes of at least 4 members (excludes halogenated alkanes) is 6. The molecule has 1 N–H and O–H groups in total. The zero-order valence-corrected chi connectivity index (χ0v) is 23.1. The minimum absolute atomic E-state index is 0.160. The smallest absolute Gasteiger partial charge is 0.303 e. The average Bonchev–Trinajstić information content (AvgIpc) is 3.43. The van der Waals surface area contributed by atoms with Gasteiger partial charge in [-0.05, 0) is 66.2 Å². The van der Waals surface area contributed by atoms with Crippen molar-refractivity contribution in [2.75, 3.05) is 0 Å². The van der Waals surface area contributed by atoms with Crippen molar-refractivity contribution < 1.29 is 9.90 Å². The second-order valence-electron chi connectivity index (χ2n) is 11.2. The summed E-state index contributed by atoms with van der Waals surface area (Å²) in [6.45, 7) is 2.26. The van der Waals surface area contributed by atoms with Gasteiger partial charge in [0.2, 0.25) is 0 Å². The molecular formula is C34H44N2O2. The van der Waals surface area contributed by atoms with Crippen LogP contribution in [0.4, 0.5) is 0 Å². The third-order valence-corrected chi connectivity index (χ3v) is 8.37. The van der Waals surface area contributed by atoms with Crippen molar-refractivity contribution in [3.8, 4) is 22.5 Å². The van der Waals surface area contributed by atoms with Gasteiger partial charge in [-0.25, -0.2) is 9.97 Å². The van der Waals surface area contributed by atoms with Gasteiger partial charge in [0.15, 0.2) is 5.82 Å². The van der Waals surface area contributed by atoms with E-state index in [-0.39, 0.29) is 11.8 Å². The summed E-state index contributed by atoms with van der Waals surface area (Å²) in [5.74, 6) is 0.0762. The van der Waals surface area contributed by atoms with Crippen molar-refractivity contribution in [1.29, 1.82) is 0 Å². The van der Waals surface area contributed by atoms with Gasteiger partial charge >= 0.3 is 5.97 Å². The van der Waals surface area contributed by atoms with Gasteiger partial charge < -0.3 is 5.11 Å². The van der Waals surface area contributed by atoms with Crippen LogP contribution in [0, 0.1) is 0 Å². The van der Waals surface area contributed by atoms with Crippen LogP contribution in [0.15, 0.2) is 60.9 Å². The van der Waals surface area contributed by atoms with Crippen LogP contribution in [0.1, 0.15) is 108 Å². The van der Waals surface area contributed by atoms with Crippen molar-refractivity contribution >= 4 is 5.97 Å². The van der Waals surface area contributed by atoms with Crippen molar-refractivity contribution in [2.24, 2.45) is 0 Å². The van der Waals surface area contributed by atoms with Crippen LogP contribution < -0.4 is 0 Å². The first-order valence-electron chi connectivity index (χ1n) is 14.8. The molecule has 4 nitrogen and oxygen atoms in total. The Kier molecular flexibility index (Phi) is 10.5. The molecule has 4 rings (SSSR count). The summed E-state index contributed by atoms with van der Waals surface area (Å²) in [6.07, 6.45) is 20.9. The number of carboxylic acids is 1. The van der Waals surface area contributed by atoms with E-state index in [9.17, 15) is 4.79 Å². The van der Waals surface area contributed by atoms with E-state index in [1.807, 2.05) is 12.4 Å². The highest BCUT2D eigenvalue weighted by atomic mass is 16.4. The first-order valence-corrected chi connectivity index (χ1v) is 14.8. The standard InChI is InChI=1S/C34H44N2O2/c1-2-3-4-5-7-12-27-14-16-28(17-15-27)29-18-20-30(21-19-29)33-35-25-31(26-36-33)34(23-10-11-24-34)22-9-6-8-13-32(37)38/h14-21,25-26H,2-13,22-24H2,1H3,(H,37,38). The molecule has 0 bridgehead atoms. The molecule has 0 spiro atoms. The predicted octanol–water partition coefficient (Wildman–Crippen LogP) is 9.17. The van der Waals surface area contributed by atoms with Gasteiger partial charge in [0.25, 0.3) is 0 Å². The molecule has 0 atom stereocenters. The fourth-order valence-electron chi connectivity index (χ4n) is 6.01. The lowest BCUT2D eigenvalue weighted by molar-refractivity contribution is -0.137. The fraction of sp³-hybridized carbons (Fsp3) is 0.500. The summed E-state index contributed by atoms with van der Waals surface area (Å²) in [7, 11) is 0. The first kappa shape index (κ1) is 28.0. The molecular weight excluding hydrogens is 468 g/mol. The number of rotatable bonds is 15. The largest absolute Gasteiger partial charge is 0.481 e. The molecule has 1 heterocycles. The number of carbonyl (C=O) groups is 1. The van der Waals surface area contributed by atoms with Crippen LogP contribution in [-0.2, 0) is 16.6 Å². The predicted molar refractivity (Wildman–Crippen MR) is 156 cm³/mol. The minimum Gasteiger partial charge on any atom is -0.481 e. The van der Waals surface area contributed by atoms with E-state index < -0.39 is 5.97 Å². The molecule has 202 valence electrons. The van der Waals surface area contributed by atoms with Gasteiger partial charge in [0, 0.05) is 24.4 Å². The number of nitrogens with zero attached hydrogens (tertiary/aromatic N) is 2. The lowest BCUT2D eigenvalue weighted by atomic mass is 9.76. The Morgan fingerprint density at radius 2 is 1.34 bits per heavy atom. The van der Waals surface area contributed by atoms with Crippen LogP contribution >= 0.6 is 0 Å². The number of carboxylic acid groups (broad SMARTS) is 1. The second-order valence-corrected chi connectivity index (χ2v) is 11.2.